The summed E-state index contributed by atoms with van der Waals surface area (Å²) in [7, 11) is 0. The van der Waals surface area contributed by atoms with Crippen LogP contribution in [0.5, 0.6) is 0 Å². The van der Waals surface area contributed by atoms with Crippen molar-refractivity contribution in [1.82, 2.24) is 20.0 Å². The van der Waals surface area contributed by atoms with E-state index in [9.17, 15) is 24.0 Å². The number of unbranched alkanes of at least 4 members (excludes halogenated alkanes) is 4. The van der Waals surface area contributed by atoms with Crippen molar-refractivity contribution in [2.24, 2.45) is 11.7 Å². The van der Waals surface area contributed by atoms with Crippen LogP contribution in [0.4, 0.5) is 21.0 Å². The molecular weight excluding hydrogens is 720 g/mol. The number of likely N-dealkylation sites (tertiary alicyclic amines) is 1. The number of primary amides is 1. The number of rotatable bonds is 19. The van der Waals surface area contributed by atoms with Gasteiger partial charge in [0.2, 0.25) is 17.7 Å². The SMILES string of the molecule is CCCCCN(CCCCC)C(=O)[C@@H]1CCN(C(=O)N(c2ccccc2)c2cccc(Cl)c2)[C@@H](C(=O)NCCN(CC(N)=O)C(=O)OCc2ccccc2)C1. The maximum absolute atomic E-state index is 14.7. The molecule has 0 spiro atoms. The fourth-order valence-corrected chi connectivity index (χ4v) is 6.90. The van der Waals surface area contributed by atoms with E-state index in [1.165, 1.54) is 9.80 Å². The van der Waals surface area contributed by atoms with Gasteiger partial charge in [0.15, 0.2) is 0 Å². The van der Waals surface area contributed by atoms with Gasteiger partial charge in [-0.25, -0.2) is 9.59 Å². The van der Waals surface area contributed by atoms with Gasteiger partial charge in [-0.15, -0.1) is 0 Å². The average molecular weight is 775 g/mol. The number of anilines is 2. The molecule has 6 amide bonds. The molecule has 1 aliphatic rings. The molecular formula is C42H55ClN6O6. The molecule has 13 heteroatoms. The minimum Gasteiger partial charge on any atom is -0.445 e. The highest BCUT2D eigenvalue weighted by molar-refractivity contribution is 6.31. The molecule has 0 radical (unpaired) electrons. The molecule has 4 rings (SSSR count). The number of hydrogen-bond acceptors (Lipinski definition) is 6. The molecule has 0 bridgehead atoms. The fraction of sp³-hybridized carbons (Fsp3) is 0.452. The average Bonchev–Trinajstić information content (AvgIpc) is 3.19. The van der Waals surface area contributed by atoms with Gasteiger partial charge in [0.05, 0.1) is 11.4 Å². The minimum absolute atomic E-state index is 0.000608. The zero-order valence-corrected chi connectivity index (χ0v) is 32.8. The van der Waals surface area contributed by atoms with Crippen molar-refractivity contribution in [3.63, 3.8) is 0 Å². The predicted octanol–water partition coefficient (Wildman–Crippen LogP) is 7.13. The zero-order chi connectivity index (χ0) is 39.6. The topological polar surface area (TPSA) is 146 Å². The van der Waals surface area contributed by atoms with Crippen LogP contribution in [0.1, 0.15) is 70.8 Å². The predicted molar refractivity (Wildman–Crippen MR) is 215 cm³/mol. The number of nitrogens with one attached hydrogen (secondary N) is 1. The third kappa shape index (κ3) is 13.0. The number of carbonyl (C=O) groups excluding carboxylic acids is 5. The van der Waals surface area contributed by atoms with Crippen molar-refractivity contribution in [2.45, 2.75) is 77.9 Å². The summed E-state index contributed by atoms with van der Waals surface area (Å²) < 4.78 is 5.42. The summed E-state index contributed by atoms with van der Waals surface area (Å²) in [5.41, 5.74) is 7.32. The molecule has 55 heavy (non-hydrogen) atoms. The first-order valence-corrected chi connectivity index (χ1v) is 19.7. The highest BCUT2D eigenvalue weighted by Gasteiger charge is 2.42. The van der Waals surface area contributed by atoms with Gasteiger partial charge < -0.3 is 25.6 Å². The molecule has 1 heterocycles. The third-order valence-corrected chi connectivity index (χ3v) is 9.87. The van der Waals surface area contributed by atoms with E-state index in [0.717, 1.165) is 49.0 Å². The molecule has 0 saturated carbocycles. The smallest absolute Gasteiger partial charge is 0.410 e. The molecule has 3 N–H and O–H groups in total. The molecule has 3 aromatic rings. The number of nitrogens with two attached hydrogens (primary N) is 1. The highest BCUT2D eigenvalue weighted by atomic mass is 35.5. The second-order valence-corrected chi connectivity index (χ2v) is 14.3. The van der Waals surface area contributed by atoms with Crippen LogP contribution >= 0.6 is 11.6 Å². The lowest BCUT2D eigenvalue weighted by atomic mass is 9.88. The second-order valence-electron chi connectivity index (χ2n) is 13.8. The largest absolute Gasteiger partial charge is 0.445 e. The first-order chi connectivity index (χ1) is 26.6. The molecule has 1 aliphatic heterocycles. The molecule has 1 saturated heterocycles. The molecule has 1 fully saturated rings. The Morgan fingerprint density at radius 3 is 2.07 bits per heavy atom. The highest BCUT2D eigenvalue weighted by Crippen LogP contribution is 2.33. The monoisotopic (exact) mass is 774 g/mol. The summed E-state index contributed by atoms with van der Waals surface area (Å²) in [5.74, 6) is -1.69. The maximum Gasteiger partial charge on any atom is 0.410 e. The van der Waals surface area contributed by atoms with Gasteiger partial charge in [-0.2, -0.15) is 0 Å². The minimum atomic E-state index is -1.01. The molecule has 0 aliphatic carbocycles. The Kier molecular flexibility index (Phi) is 17.3. The zero-order valence-electron chi connectivity index (χ0n) is 32.0. The quantitative estimate of drug-likeness (QED) is 0.124. The van der Waals surface area contributed by atoms with Crippen LogP contribution in [0.3, 0.4) is 0 Å². The summed E-state index contributed by atoms with van der Waals surface area (Å²) >= 11 is 6.38. The summed E-state index contributed by atoms with van der Waals surface area (Å²) in [6.07, 6.45) is 5.65. The first-order valence-electron chi connectivity index (χ1n) is 19.3. The van der Waals surface area contributed by atoms with E-state index < -0.39 is 42.4 Å². The molecule has 0 aromatic heterocycles. The normalized spacial score (nSPS) is 15.1. The number of nitrogens with zero attached hydrogens (tertiary/aromatic N) is 4. The second kappa shape index (κ2) is 22.3. The number of ether oxygens (including phenoxy) is 1. The van der Waals surface area contributed by atoms with Crippen LogP contribution in [0.2, 0.25) is 5.02 Å². The Morgan fingerprint density at radius 2 is 1.45 bits per heavy atom. The van der Waals surface area contributed by atoms with Crippen molar-refractivity contribution < 1.29 is 28.7 Å². The van der Waals surface area contributed by atoms with Gasteiger partial charge in [-0.05, 0) is 61.6 Å². The van der Waals surface area contributed by atoms with Crippen LogP contribution < -0.4 is 16.0 Å². The number of urea groups is 1. The number of hydrogen-bond donors (Lipinski definition) is 2. The molecule has 0 unspecified atom stereocenters. The first kappa shape index (κ1) is 42.6. The Balaban J connectivity index is 1.57. The van der Waals surface area contributed by atoms with Gasteiger partial charge in [0, 0.05) is 43.7 Å². The lowest BCUT2D eigenvalue weighted by molar-refractivity contribution is -0.139. The van der Waals surface area contributed by atoms with E-state index in [0.29, 0.717) is 35.9 Å². The van der Waals surface area contributed by atoms with Crippen LogP contribution in [0.15, 0.2) is 84.9 Å². The number of benzene rings is 3. The van der Waals surface area contributed by atoms with Gasteiger partial charge in [-0.3, -0.25) is 24.2 Å². The van der Waals surface area contributed by atoms with Gasteiger partial charge >= 0.3 is 12.1 Å². The van der Waals surface area contributed by atoms with E-state index in [-0.39, 0.29) is 38.6 Å². The Labute approximate surface area is 329 Å². The van der Waals surface area contributed by atoms with E-state index in [2.05, 4.69) is 19.2 Å². The van der Waals surface area contributed by atoms with Crippen LogP contribution in [0.25, 0.3) is 0 Å². The summed E-state index contributed by atoms with van der Waals surface area (Å²) in [6.45, 7) is 5.17. The number of carbonyl (C=O) groups is 5. The van der Waals surface area contributed by atoms with Crippen LogP contribution in [-0.2, 0) is 25.7 Å². The van der Waals surface area contributed by atoms with E-state index in [4.69, 9.17) is 22.1 Å². The summed E-state index contributed by atoms with van der Waals surface area (Å²) in [6, 6.07) is 23.7. The van der Waals surface area contributed by atoms with E-state index in [1.54, 1.807) is 36.4 Å². The standard InChI is InChI=1S/C42H55ClN6O6/c1-3-5-13-24-46(25-14-6-4-2)40(52)33-22-26-48(41(53)49(35-19-11-8-12-20-35)36-21-15-18-34(43)29-36)37(28-33)39(51)45-23-27-47(30-38(44)50)42(54)55-31-32-16-9-7-10-17-32/h7-12,15-21,29,33,37H,3-6,13-14,22-28,30-31H2,1-2H3,(H2,44,50)(H,45,51)/t33-,37-/m1/s1. The van der Waals surface area contributed by atoms with Crippen molar-refractivity contribution >= 4 is 52.8 Å². The Bertz CT molecular complexity index is 1690. The number of amides is 6. The number of piperidine rings is 1. The molecule has 12 nitrogen and oxygen atoms in total. The fourth-order valence-electron chi connectivity index (χ4n) is 6.72. The van der Waals surface area contributed by atoms with Gasteiger partial charge in [-0.1, -0.05) is 106 Å². The van der Waals surface area contributed by atoms with Crippen molar-refractivity contribution in [1.29, 1.82) is 0 Å². The summed E-state index contributed by atoms with van der Waals surface area (Å²) in [4.78, 5) is 74.0. The number of halogens is 1. The lowest BCUT2D eigenvalue weighted by Gasteiger charge is -2.41. The Morgan fingerprint density at radius 1 is 0.818 bits per heavy atom. The Hall–Kier alpha value is -5.10. The lowest BCUT2D eigenvalue weighted by Crippen LogP contribution is -2.58. The molecule has 2 atom stereocenters. The third-order valence-electron chi connectivity index (χ3n) is 9.64. The molecule has 296 valence electrons. The van der Waals surface area contributed by atoms with Crippen LogP contribution in [0, 0.1) is 5.92 Å². The van der Waals surface area contributed by atoms with Gasteiger partial charge in [0.25, 0.3) is 0 Å². The van der Waals surface area contributed by atoms with Gasteiger partial charge in [0.1, 0.15) is 19.2 Å². The molecule has 3 aromatic carbocycles. The van der Waals surface area contributed by atoms with Crippen molar-refractivity contribution in [3.05, 3.63) is 95.5 Å². The summed E-state index contributed by atoms with van der Waals surface area (Å²) in [5, 5.41) is 3.31. The van der Waals surface area contributed by atoms with Crippen molar-refractivity contribution in [3.8, 4) is 0 Å². The van der Waals surface area contributed by atoms with Crippen LogP contribution in [-0.4, -0.2) is 89.9 Å². The number of para-hydroxylation sites is 1. The van der Waals surface area contributed by atoms with Crippen molar-refractivity contribution in [2.75, 3.05) is 44.2 Å². The maximum atomic E-state index is 14.7. The van der Waals surface area contributed by atoms with E-state index in [1.807, 2.05) is 53.4 Å². The van der Waals surface area contributed by atoms with E-state index >= 15 is 0 Å².